The van der Waals surface area contributed by atoms with E-state index in [0.29, 0.717) is 11.3 Å². The average Bonchev–Trinajstić information content (AvgIpc) is 2.56. The third-order valence-corrected chi connectivity index (χ3v) is 12.1. The van der Waals surface area contributed by atoms with Crippen molar-refractivity contribution in [3.63, 3.8) is 0 Å². The van der Waals surface area contributed by atoms with Gasteiger partial charge in [-0.3, -0.25) is 0 Å². The van der Waals surface area contributed by atoms with Gasteiger partial charge in [-0.15, -0.1) is 0 Å². The molecular formula is C16H25O2P. The molecule has 2 fully saturated rings. The molecule has 1 N–H and O–H groups in total. The van der Waals surface area contributed by atoms with E-state index in [1.165, 1.54) is 43.8 Å². The third kappa shape index (κ3) is 1.84. The first-order valence-electron chi connectivity index (χ1n) is 7.45. The van der Waals surface area contributed by atoms with Gasteiger partial charge in [-0.2, -0.15) is 0 Å². The number of hydrogen-bond acceptors (Lipinski definition) is 2. The minimum absolute atomic E-state index is 0.534. The number of hydrogen-bond donors (Lipinski definition) is 1. The van der Waals surface area contributed by atoms with E-state index >= 15 is 0 Å². The Morgan fingerprint density at radius 1 is 1.00 bits per heavy atom. The summed E-state index contributed by atoms with van der Waals surface area (Å²) in [5.74, 6) is 0.879. The molecule has 2 bridgehead atoms. The van der Waals surface area contributed by atoms with Crippen LogP contribution >= 0.6 is 6.83 Å². The zero-order chi connectivity index (χ0) is 13.5. The molecule has 0 aliphatic carbocycles. The van der Waals surface area contributed by atoms with Crippen LogP contribution in [-0.4, -0.2) is 30.0 Å². The molecule has 1 aromatic carbocycles. The predicted octanol–water partition coefficient (Wildman–Crippen LogP) is 3.52. The van der Waals surface area contributed by atoms with Gasteiger partial charge in [0.25, 0.3) is 0 Å². The van der Waals surface area contributed by atoms with Crippen LogP contribution in [0.5, 0.6) is 5.75 Å². The van der Waals surface area contributed by atoms with Crippen LogP contribution < -0.4 is 10.0 Å². The SMILES string of the molecule is COc1ccc(P2(C)(O)C3CCCCC2CC3)cc1. The molecule has 0 saturated carbocycles. The van der Waals surface area contributed by atoms with Crippen molar-refractivity contribution in [2.24, 2.45) is 0 Å². The summed E-state index contributed by atoms with van der Waals surface area (Å²) in [4.78, 5) is 11.8. The summed E-state index contributed by atoms with van der Waals surface area (Å²) < 4.78 is 5.25. The van der Waals surface area contributed by atoms with Crippen molar-refractivity contribution in [1.82, 2.24) is 0 Å². The fraction of sp³-hybridized carbons (Fsp3) is 0.625. The van der Waals surface area contributed by atoms with Gasteiger partial charge in [0.2, 0.25) is 0 Å². The maximum absolute atomic E-state index is 11.8. The van der Waals surface area contributed by atoms with Crippen molar-refractivity contribution in [1.29, 1.82) is 0 Å². The number of ether oxygens (including phenoxy) is 1. The summed E-state index contributed by atoms with van der Waals surface area (Å²) in [5.41, 5.74) is 1.07. The normalized spacial score (nSPS) is 33.9. The Morgan fingerprint density at radius 2 is 1.53 bits per heavy atom. The maximum atomic E-state index is 11.8. The number of fused-ring (bicyclic) bond motifs is 2. The van der Waals surface area contributed by atoms with Crippen molar-refractivity contribution in [2.45, 2.75) is 49.8 Å². The zero-order valence-electron chi connectivity index (χ0n) is 12.0. The van der Waals surface area contributed by atoms with Crippen LogP contribution in [0.4, 0.5) is 0 Å². The molecule has 2 aliphatic heterocycles. The molecule has 19 heavy (non-hydrogen) atoms. The second-order valence-corrected chi connectivity index (χ2v) is 11.9. The Bertz CT molecular complexity index is 448. The summed E-state index contributed by atoms with van der Waals surface area (Å²) in [5, 5.41) is 1.21. The molecule has 2 nitrogen and oxygen atoms in total. The summed E-state index contributed by atoms with van der Waals surface area (Å²) in [6, 6.07) is 8.25. The summed E-state index contributed by atoms with van der Waals surface area (Å²) in [7, 11) is 1.69. The molecule has 106 valence electrons. The third-order valence-electron chi connectivity index (χ3n) is 5.75. The molecule has 0 amide bonds. The van der Waals surface area contributed by atoms with Crippen molar-refractivity contribution in [3.05, 3.63) is 24.3 Å². The van der Waals surface area contributed by atoms with Crippen LogP contribution in [0.25, 0.3) is 0 Å². The van der Waals surface area contributed by atoms with Gasteiger partial charge in [0.15, 0.2) is 0 Å². The van der Waals surface area contributed by atoms with Crippen LogP contribution in [-0.2, 0) is 0 Å². The van der Waals surface area contributed by atoms with E-state index in [9.17, 15) is 4.89 Å². The molecule has 2 aliphatic rings. The van der Waals surface area contributed by atoms with Crippen molar-refractivity contribution < 1.29 is 9.63 Å². The first kappa shape index (κ1) is 13.4. The molecule has 0 spiro atoms. The van der Waals surface area contributed by atoms with Gasteiger partial charge in [-0.05, 0) is 0 Å². The predicted molar refractivity (Wildman–Crippen MR) is 83.0 cm³/mol. The number of rotatable bonds is 2. The van der Waals surface area contributed by atoms with E-state index in [1.54, 1.807) is 7.11 Å². The van der Waals surface area contributed by atoms with Gasteiger partial charge in [0.1, 0.15) is 0 Å². The Labute approximate surface area is 116 Å². The van der Waals surface area contributed by atoms with E-state index in [2.05, 4.69) is 18.8 Å². The molecule has 2 heterocycles. The van der Waals surface area contributed by atoms with E-state index < -0.39 is 6.83 Å². The van der Waals surface area contributed by atoms with Gasteiger partial charge in [0.05, 0.1) is 0 Å². The summed E-state index contributed by atoms with van der Waals surface area (Å²) >= 11 is 0. The molecule has 0 aromatic heterocycles. The monoisotopic (exact) mass is 280 g/mol. The second-order valence-electron chi connectivity index (χ2n) is 6.55. The molecule has 2 unspecified atom stereocenters. The van der Waals surface area contributed by atoms with Gasteiger partial charge in [-0.25, -0.2) is 0 Å². The first-order chi connectivity index (χ1) is 9.05. The molecule has 1 aromatic rings. The van der Waals surface area contributed by atoms with Gasteiger partial charge >= 0.3 is 115 Å². The first-order valence-corrected chi connectivity index (χ1v) is 10.2. The topological polar surface area (TPSA) is 29.5 Å². The Balaban J connectivity index is 2.07. The van der Waals surface area contributed by atoms with E-state index in [1.807, 2.05) is 12.1 Å². The Morgan fingerprint density at radius 3 is 2.00 bits per heavy atom. The van der Waals surface area contributed by atoms with Gasteiger partial charge in [-0.1, -0.05) is 0 Å². The fourth-order valence-corrected chi connectivity index (χ4v) is 10.1. The van der Waals surface area contributed by atoms with E-state index in [4.69, 9.17) is 4.74 Å². The summed E-state index contributed by atoms with van der Waals surface area (Å²) in [6.45, 7) is -0.516. The van der Waals surface area contributed by atoms with E-state index in [0.717, 1.165) is 5.75 Å². The molecule has 2 atom stereocenters. The molecular weight excluding hydrogens is 255 g/mol. The van der Waals surface area contributed by atoms with Crippen LogP contribution in [0, 0.1) is 0 Å². The standard InChI is InChI=1S/C16H25O2P/c1-18-13-7-9-16(10-8-13)19(2,17)14-5-3-4-6-15(19)12-11-14/h7-10,14-15,17H,3-6,11-12H2,1-2H3. The van der Waals surface area contributed by atoms with Crippen LogP contribution in [0.3, 0.4) is 0 Å². The fourth-order valence-electron chi connectivity index (χ4n) is 4.43. The van der Waals surface area contributed by atoms with Gasteiger partial charge < -0.3 is 0 Å². The van der Waals surface area contributed by atoms with Crippen LogP contribution in [0.1, 0.15) is 38.5 Å². The Kier molecular flexibility index (Phi) is 3.15. The van der Waals surface area contributed by atoms with Crippen LogP contribution in [0.2, 0.25) is 0 Å². The molecule has 0 radical (unpaired) electrons. The minimum atomic E-state index is -2.74. The van der Waals surface area contributed by atoms with Crippen LogP contribution in [0.15, 0.2) is 24.3 Å². The Hall–Kier alpha value is -0.590. The number of methoxy groups -OCH3 is 1. The van der Waals surface area contributed by atoms with Crippen molar-refractivity contribution in [2.75, 3.05) is 13.8 Å². The van der Waals surface area contributed by atoms with E-state index in [-0.39, 0.29) is 0 Å². The van der Waals surface area contributed by atoms with Crippen molar-refractivity contribution >= 4 is 12.1 Å². The molecule has 3 heteroatoms. The van der Waals surface area contributed by atoms with Crippen molar-refractivity contribution in [3.8, 4) is 5.75 Å². The molecule has 3 rings (SSSR count). The number of benzene rings is 1. The quantitative estimate of drug-likeness (QED) is 0.840. The van der Waals surface area contributed by atoms with Gasteiger partial charge in [0, 0.05) is 0 Å². The second kappa shape index (κ2) is 4.46. The zero-order valence-corrected chi connectivity index (χ0v) is 12.9. The summed E-state index contributed by atoms with van der Waals surface area (Å²) in [6.07, 6.45) is 7.47. The average molecular weight is 280 g/mol. The molecule has 2 saturated heterocycles.